The fourth-order valence-electron chi connectivity index (χ4n) is 1.12. The van der Waals surface area contributed by atoms with Crippen LogP contribution in [0.4, 0.5) is 0 Å². The summed E-state index contributed by atoms with van der Waals surface area (Å²) in [6.45, 7) is 5.05. The highest BCUT2D eigenvalue weighted by molar-refractivity contribution is 5.70. The Morgan fingerprint density at radius 3 is 2.15 bits per heavy atom. The molecule has 0 fully saturated rings. The van der Waals surface area contributed by atoms with E-state index in [0.29, 0.717) is 6.42 Å². The average Bonchev–Trinajstić information content (AvgIpc) is 1.97. The standard InChI is InChI=1S/C8H15NO4/c1-5(2)4-7(9(12)13)6(3)8(10)11/h5-7H,4H2,1-3H3,(H,10,11). The number of carboxylic acids is 1. The van der Waals surface area contributed by atoms with Crippen LogP contribution >= 0.6 is 0 Å². The first-order valence-corrected chi connectivity index (χ1v) is 4.22. The molecule has 0 saturated carbocycles. The maximum atomic E-state index is 10.5. The highest BCUT2D eigenvalue weighted by atomic mass is 16.6. The molecule has 0 aromatic carbocycles. The number of nitro groups is 1. The van der Waals surface area contributed by atoms with Gasteiger partial charge in [-0.3, -0.25) is 14.9 Å². The lowest BCUT2D eigenvalue weighted by atomic mass is 9.94. The van der Waals surface area contributed by atoms with Crippen molar-refractivity contribution in [1.82, 2.24) is 0 Å². The Bertz CT molecular complexity index is 202. The van der Waals surface area contributed by atoms with E-state index in [0.717, 1.165) is 0 Å². The Morgan fingerprint density at radius 1 is 1.46 bits per heavy atom. The van der Waals surface area contributed by atoms with Crippen LogP contribution in [0.1, 0.15) is 27.2 Å². The van der Waals surface area contributed by atoms with E-state index in [2.05, 4.69) is 0 Å². The summed E-state index contributed by atoms with van der Waals surface area (Å²) in [5, 5.41) is 19.1. The van der Waals surface area contributed by atoms with Gasteiger partial charge >= 0.3 is 5.97 Å². The maximum Gasteiger partial charge on any atom is 0.313 e. The zero-order valence-electron chi connectivity index (χ0n) is 8.06. The van der Waals surface area contributed by atoms with Gasteiger partial charge in [-0.15, -0.1) is 0 Å². The van der Waals surface area contributed by atoms with Crippen molar-refractivity contribution in [3.63, 3.8) is 0 Å². The van der Waals surface area contributed by atoms with Crippen LogP contribution < -0.4 is 0 Å². The number of aliphatic carboxylic acids is 1. The third kappa shape index (κ3) is 3.87. The molecule has 2 unspecified atom stereocenters. The van der Waals surface area contributed by atoms with E-state index >= 15 is 0 Å². The van der Waals surface area contributed by atoms with Crippen LogP contribution in [0, 0.1) is 22.0 Å². The molecule has 0 heterocycles. The molecular formula is C8H15NO4. The second-order valence-electron chi connectivity index (χ2n) is 3.61. The summed E-state index contributed by atoms with van der Waals surface area (Å²) in [7, 11) is 0. The average molecular weight is 189 g/mol. The predicted octanol–water partition coefficient (Wildman–Crippen LogP) is 1.40. The Hall–Kier alpha value is -1.13. The van der Waals surface area contributed by atoms with Crippen LogP contribution in [0.15, 0.2) is 0 Å². The number of hydrogen-bond acceptors (Lipinski definition) is 3. The molecule has 0 aliphatic rings. The fourth-order valence-corrected chi connectivity index (χ4v) is 1.12. The minimum absolute atomic E-state index is 0.136. The molecule has 13 heavy (non-hydrogen) atoms. The van der Waals surface area contributed by atoms with Crippen LogP contribution in [0.2, 0.25) is 0 Å². The molecule has 0 radical (unpaired) electrons. The SMILES string of the molecule is CC(C)CC(C(C)C(=O)O)[N+](=O)[O-]. The third-order valence-corrected chi connectivity index (χ3v) is 1.95. The lowest BCUT2D eigenvalue weighted by molar-refractivity contribution is -0.531. The largest absolute Gasteiger partial charge is 0.481 e. The Morgan fingerprint density at radius 2 is 1.92 bits per heavy atom. The van der Waals surface area contributed by atoms with E-state index in [-0.39, 0.29) is 5.92 Å². The summed E-state index contributed by atoms with van der Waals surface area (Å²) < 4.78 is 0. The van der Waals surface area contributed by atoms with Crippen LogP contribution in [-0.2, 0) is 4.79 Å². The van der Waals surface area contributed by atoms with Gasteiger partial charge in [0.1, 0.15) is 5.92 Å². The van der Waals surface area contributed by atoms with E-state index in [1.807, 2.05) is 13.8 Å². The van der Waals surface area contributed by atoms with Gasteiger partial charge in [-0.1, -0.05) is 13.8 Å². The Kier molecular flexibility index (Phi) is 4.37. The normalized spacial score (nSPS) is 15.4. The van der Waals surface area contributed by atoms with Crippen molar-refractivity contribution in [3.8, 4) is 0 Å². The van der Waals surface area contributed by atoms with Crippen LogP contribution in [0.5, 0.6) is 0 Å². The lowest BCUT2D eigenvalue weighted by Gasteiger charge is -2.14. The molecule has 0 amide bonds. The number of rotatable bonds is 5. The van der Waals surface area contributed by atoms with Gasteiger partial charge in [-0.2, -0.15) is 0 Å². The summed E-state index contributed by atoms with van der Waals surface area (Å²) in [5.41, 5.74) is 0. The zero-order chi connectivity index (χ0) is 10.6. The monoisotopic (exact) mass is 189 g/mol. The summed E-state index contributed by atoms with van der Waals surface area (Å²) in [4.78, 5) is 20.5. The molecule has 76 valence electrons. The molecule has 0 bridgehead atoms. The molecule has 0 saturated heterocycles. The van der Waals surface area contributed by atoms with Crippen LogP contribution in [-0.4, -0.2) is 22.0 Å². The highest BCUT2D eigenvalue weighted by Crippen LogP contribution is 2.16. The van der Waals surface area contributed by atoms with Crippen molar-refractivity contribution in [3.05, 3.63) is 10.1 Å². The molecule has 1 N–H and O–H groups in total. The molecule has 0 aromatic rings. The Balaban J connectivity index is 4.42. The minimum atomic E-state index is -1.11. The van der Waals surface area contributed by atoms with Gasteiger partial charge < -0.3 is 5.11 Å². The van der Waals surface area contributed by atoms with E-state index in [4.69, 9.17) is 5.11 Å². The van der Waals surface area contributed by atoms with E-state index < -0.39 is 22.9 Å². The minimum Gasteiger partial charge on any atom is -0.481 e. The summed E-state index contributed by atoms with van der Waals surface area (Å²) in [6, 6.07) is -0.975. The summed E-state index contributed by atoms with van der Waals surface area (Å²) in [6.07, 6.45) is 0.306. The van der Waals surface area contributed by atoms with Gasteiger partial charge in [-0.05, 0) is 12.8 Å². The summed E-state index contributed by atoms with van der Waals surface area (Å²) in [5.74, 6) is -1.89. The van der Waals surface area contributed by atoms with Crippen molar-refractivity contribution in [1.29, 1.82) is 0 Å². The van der Waals surface area contributed by atoms with Gasteiger partial charge in [0.05, 0.1) is 0 Å². The van der Waals surface area contributed by atoms with Crippen LogP contribution in [0.3, 0.4) is 0 Å². The van der Waals surface area contributed by atoms with Crippen molar-refractivity contribution >= 4 is 5.97 Å². The second-order valence-corrected chi connectivity index (χ2v) is 3.61. The highest BCUT2D eigenvalue weighted by Gasteiger charge is 2.33. The molecule has 5 nitrogen and oxygen atoms in total. The van der Waals surface area contributed by atoms with Gasteiger partial charge in [0.25, 0.3) is 0 Å². The van der Waals surface area contributed by atoms with Gasteiger partial charge in [0.2, 0.25) is 6.04 Å². The molecule has 0 aliphatic heterocycles. The lowest BCUT2D eigenvalue weighted by Crippen LogP contribution is -2.33. The Labute approximate surface area is 76.9 Å². The van der Waals surface area contributed by atoms with Crippen molar-refractivity contribution in [2.24, 2.45) is 11.8 Å². The molecule has 0 aromatic heterocycles. The molecule has 5 heteroatoms. The number of nitrogens with zero attached hydrogens (tertiary/aromatic N) is 1. The molecule has 2 atom stereocenters. The number of carboxylic acid groups (broad SMARTS) is 1. The maximum absolute atomic E-state index is 10.5. The van der Waals surface area contributed by atoms with Crippen molar-refractivity contribution in [2.75, 3.05) is 0 Å². The van der Waals surface area contributed by atoms with E-state index in [9.17, 15) is 14.9 Å². The predicted molar refractivity (Wildman–Crippen MR) is 47.0 cm³/mol. The smallest absolute Gasteiger partial charge is 0.313 e. The number of carbonyl (C=O) groups is 1. The van der Waals surface area contributed by atoms with Crippen molar-refractivity contribution in [2.45, 2.75) is 33.2 Å². The van der Waals surface area contributed by atoms with Gasteiger partial charge in [0.15, 0.2) is 0 Å². The first-order valence-electron chi connectivity index (χ1n) is 4.22. The van der Waals surface area contributed by atoms with Gasteiger partial charge in [0, 0.05) is 11.3 Å². The van der Waals surface area contributed by atoms with E-state index in [1.54, 1.807) is 0 Å². The third-order valence-electron chi connectivity index (χ3n) is 1.95. The van der Waals surface area contributed by atoms with E-state index in [1.165, 1.54) is 6.92 Å². The van der Waals surface area contributed by atoms with Gasteiger partial charge in [-0.25, -0.2) is 0 Å². The number of hydrogen-bond donors (Lipinski definition) is 1. The quantitative estimate of drug-likeness (QED) is 0.523. The summed E-state index contributed by atoms with van der Waals surface area (Å²) >= 11 is 0. The van der Waals surface area contributed by atoms with Crippen molar-refractivity contribution < 1.29 is 14.8 Å². The molecular weight excluding hydrogens is 174 g/mol. The molecule has 0 spiro atoms. The molecule has 0 rings (SSSR count). The molecule has 0 aliphatic carbocycles. The topological polar surface area (TPSA) is 80.4 Å². The first-order chi connectivity index (χ1) is 5.86. The fraction of sp³-hybridized carbons (Fsp3) is 0.875. The van der Waals surface area contributed by atoms with Crippen LogP contribution in [0.25, 0.3) is 0 Å². The zero-order valence-corrected chi connectivity index (χ0v) is 8.06. The second kappa shape index (κ2) is 4.79. The first kappa shape index (κ1) is 11.9.